The van der Waals surface area contributed by atoms with Gasteiger partial charge in [0.05, 0.1) is 11.4 Å². The van der Waals surface area contributed by atoms with Crippen LogP contribution in [-0.4, -0.2) is 33.4 Å². The van der Waals surface area contributed by atoms with Crippen LogP contribution in [0.25, 0.3) is 11.4 Å². The molecule has 0 aromatic carbocycles. The van der Waals surface area contributed by atoms with Crippen molar-refractivity contribution in [1.82, 2.24) is 25.0 Å². The molecule has 2 aromatic rings. The summed E-state index contributed by atoms with van der Waals surface area (Å²) < 4.78 is 24.8. The molecule has 2 rings (SSSR count). The Balaban J connectivity index is 2.77. The number of nitrogens with zero attached hydrogens (tertiary/aromatic N) is 5. The van der Waals surface area contributed by atoms with Crippen molar-refractivity contribution < 1.29 is 8.42 Å². The molecule has 0 aliphatic carbocycles. The summed E-state index contributed by atoms with van der Waals surface area (Å²) in [6, 6.07) is 1.66. The molecule has 0 spiro atoms. The Morgan fingerprint density at radius 3 is 2.43 bits per heavy atom. The minimum Gasteiger partial charge on any atom is -0.294 e. The van der Waals surface area contributed by atoms with E-state index in [4.69, 9.17) is 5.14 Å². The standard InChI is InChI=1S/C12H18N6O2S/c1-5-10-9(6-8(4)14-15-10)11-16-17-12(21(13,19)20)18(11)7(2)3/h6-7H,5H2,1-4H3,(H2,13,19,20). The van der Waals surface area contributed by atoms with Crippen LogP contribution < -0.4 is 5.14 Å². The summed E-state index contributed by atoms with van der Waals surface area (Å²) in [5, 5.41) is 20.9. The first kappa shape index (κ1) is 15.5. The topological polar surface area (TPSA) is 117 Å². The monoisotopic (exact) mass is 310 g/mol. The average molecular weight is 310 g/mol. The molecule has 21 heavy (non-hydrogen) atoms. The fourth-order valence-electron chi connectivity index (χ4n) is 2.09. The van der Waals surface area contributed by atoms with E-state index in [1.807, 2.05) is 33.8 Å². The summed E-state index contributed by atoms with van der Waals surface area (Å²) in [5.74, 6) is 0.434. The van der Waals surface area contributed by atoms with Gasteiger partial charge < -0.3 is 0 Å². The molecular weight excluding hydrogens is 292 g/mol. The van der Waals surface area contributed by atoms with Crippen LogP contribution in [0.2, 0.25) is 0 Å². The van der Waals surface area contributed by atoms with Crippen molar-refractivity contribution >= 4 is 10.0 Å². The largest absolute Gasteiger partial charge is 0.294 e. The second-order valence-electron chi connectivity index (χ2n) is 5.01. The fourth-order valence-corrected chi connectivity index (χ4v) is 2.82. The zero-order valence-electron chi connectivity index (χ0n) is 12.4. The lowest BCUT2D eigenvalue weighted by molar-refractivity contribution is 0.524. The van der Waals surface area contributed by atoms with Crippen LogP contribution in [0.4, 0.5) is 0 Å². The maximum atomic E-state index is 11.7. The lowest BCUT2D eigenvalue weighted by Gasteiger charge is -2.14. The number of nitrogens with two attached hydrogens (primary N) is 1. The average Bonchev–Trinajstić information content (AvgIpc) is 2.83. The van der Waals surface area contributed by atoms with E-state index in [-0.39, 0.29) is 11.2 Å². The van der Waals surface area contributed by atoms with Crippen molar-refractivity contribution in [2.24, 2.45) is 5.14 Å². The van der Waals surface area contributed by atoms with Crippen molar-refractivity contribution in [2.45, 2.75) is 45.3 Å². The summed E-state index contributed by atoms with van der Waals surface area (Å²) in [6.45, 7) is 7.44. The third kappa shape index (κ3) is 2.93. The quantitative estimate of drug-likeness (QED) is 0.894. The van der Waals surface area contributed by atoms with E-state index in [2.05, 4.69) is 20.4 Å². The van der Waals surface area contributed by atoms with E-state index < -0.39 is 10.0 Å². The van der Waals surface area contributed by atoms with Crippen LogP contribution in [0.3, 0.4) is 0 Å². The minimum atomic E-state index is -3.94. The van der Waals surface area contributed by atoms with Crippen molar-refractivity contribution in [2.75, 3.05) is 0 Å². The normalized spacial score (nSPS) is 12.1. The van der Waals surface area contributed by atoms with E-state index in [1.165, 1.54) is 4.57 Å². The molecule has 0 fully saturated rings. The highest BCUT2D eigenvalue weighted by molar-refractivity contribution is 7.89. The molecule has 0 saturated heterocycles. The Kier molecular flexibility index (Phi) is 4.06. The van der Waals surface area contributed by atoms with Gasteiger partial charge in [-0.15, -0.1) is 10.2 Å². The van der Waals surface area contributed by atoms with Gasteiger partial charge in [0.15, 0.2) is 5.82 Å². The van der Waals surface area contributed by atoms with Crippen LogP contribution in [-0.2, 0) is 16.4 Å². The summed E-state index contributed by atoms with van der Waals surface area (Å²) >= 11 is 0. The van der Waals surface area contributed by atoms with Gasteiger partial charge in [0.2, 0.25) is 0 Å². The van der Waals surface area contributed by atoms with E-state index in [0.29, 0.717) is 12.2 Å². The van der Waals surface area contributed by atoms with Gasteiger partial charge in [-0.3, -0.25) is 4.57 Å². The van der Waals surface area contributed by atoms with E-state index in [1.54, 1.807) is 0 Å². The first-order valence-corrected chi connectivity index (χ1v) is 8.11. The summed E-state index contributed by atoms with van der Waals surface area (Å²) in [5.41, 5.74) is 2.18. The van der Waals surface area contributed by atoms with Crippen LogP contribution in [0, 0.1) is 6.92 Å². The summed E-state index contributed by atoms with van der Waals surface area (Å²) in [4.78, 5) is 0. The van der Waals surface area contributed by atoms with Crippen LogP contribution in [0.1, 0.15) is 38.2 Å². The Morgan fingerprint density at radius 1 is 1.24 bits per heavy atom. The molecule has 2 heterocycles. The summed E-state index contributed by atoms with van der Waals surface area (Å²) in [7, 11) is -3.94. The minimum absolute atomic E-state index is 0.165. The lowest BCUT2D eigenvalue weighted by Crippen LogP contribution is -2.20. The molecule has 0 bridgehead atoms. The zero-order valence-corrected chi connectivity index (χ0v) is 13.2. The molecule has 0 saturated carbocycles. The van der Waals surface area contributed by atoms with Gasteiger partial charge in [-0.2, -0.15) is 10.2 Å². The zero-order chi connectivity index (χ0) is 15.8. The molecular formula is C12H18N6O2S. The second-order valence-corrected chi connectivity index (χ2v) is 6.47. The van der Waals surface area contributed by atoms with Gasteiger partial charge in [0.1, 0.15) is 0 Å². The van der Waals surface area contributed by atoms with Gasteiger partial charge in [-0.25, -0.2) is 13.6 Å². The van der Waals surface area contributed by atoms with Crippen molar-refractivity contribution in [3.8, 4) is 11.4 Å². The van der Waals surface area contributed by atoms with Crippen LogP contribution >= 0.6 is 0 Å². The molecule has 0 aliphatic rings. The van der Waals surface area contributed by atoms with Crippen molar-refractivity contribution in [3.63, 3.8) is 0 Å². The predicted molar refractivity (Wildman–Crippen MR) is 76.9 cm³/mol. The van der Waals surface area contributed by atoms with E-state index in [9.17, 15) is 8.42 Å². The van der Waals surface area contributed by atoms with E-state index >= 15 is 0 Å². The molecule has 2 aromatic heterocycles. The summed E-state index contributed by atoms with van der Waals surface area (Å²) in [6.07, 6.45) is 0.651. The highest BCUT2D eigenvalue weighted by Gasteiger charge is 2.25. The van der Waals surface area contributed by atoms with Gasteiger partial charge in [0, 0.05) is 11.6 Å². The van der Waals surface area contributed by atoms with E-state index in [0.717, 1.165) is 17.0 Å². The van der Waals surface area contributed by atoms with Crippen molar-refractivity contribution in [3.05, 3.63) is 17.5 Å². The highest BCUT2D eigenvalue weighted by atomic mass is 32.2. The second kappa shape index (κ2) is 5.49. The lowest BCUT2D eigenvalue weighted by atomic mass is 10.1. The van der Waals surface area contributed by atoms with Gasteiger partial charge in [-0.1, -0.05) is 6.92 Å². The number of hydrogen-bond donors (Lipinski definition) is 1. The van der Waals surface area contributed by atoms with Crippen molar-refractivity contribution in [1.29, 1.82) is 0 Å². The number of rotatable bonds is 4. The Labute approximate surface area is 123 Å². The number of primary sulfonamides is 1. The first-order valence-electron chi connectivity index (χ1n) is 6.57. The number of aromatic nitrogens is 5. The predicted octanol–water partition coefficient (Wildman–Crippen LogP) is 0.834. The number of hydrogen-bond acceptors (Lipinski definition) is 6. The smallest absolute Gasteiger partial charge is 0.273 e. The number of aryl methyl sites for hydroxylation is 2. The Hall–Kier alpha value is -1.87. The number of sulfonamides is 1. The van der Waals surface area contributed by atoms with Gasteiger partial charge in [0.25, 0.3) is 15.2 Å². The van der Waals surface area contributed by atoms with Crippen LogP contribution in [0.15, 0.2) is 11.2 Å². The fraction of sp³-hybridized carbons (Fsp3) is 0.500. The molecule has 9 heteroatoms. The highest BCUT2D eigenvalue weighted by Crippen LogP contribution is 2.26. The Bertz CT molecular complexity index is 766. The molecule has 8 nitrogen and oxygen atoms in total. The third-order valence-corrected chi connectivity index (χ3v) is 3.79. The first-order chi connectivity index (χ1) is 9.75. The SMILES string of the molecule is CCc1nnc(C)cc1-c1nnc(S(N)(=O)=O)n1C(C)C. The molecule has 0 unspecified atom stereocenters. The van der Waals surface area contributed by atoms with Gasteiger partial charge in [-0.05, 0) is 33.3 Å². The molecule has 114 valence electrons. The van der Waals surface area contributed by atoms with Gasteiger partial charge >= 0.3 is 0 Å². The Morgan fingerprint density at radius 2 is 1.90 bits per heavy atom. The molecule has 0 atom stereocenters. The molecule has 0 aliphatic heterocycles. The third-order valence-electron chi connectivity index (χ3n) is 3.00. The maximum absolute atomic E-state index is 11.7. The van der Waals surface area contributed by atoms with Crippen LogP contribution in [0.5, 0.6) is 0 Å². The molecule has 0 amide bonds. The molecule has 0 radical (unpaired) electrons. The maximum Gasteiger partial charge on any atom is 0.273 e. The molecule has 2 N–H and O–H groups in total.